The second-order valence-electron chi connectivity index (χ2n) is 8.05. The lowest BCUT2D eigenvalue weighted by Crippen LogP contribution is -2.39. The van der Waals surface area contributed by atoms with Crippen LogP contribution in [0.15, 0.2) is 24.3 Å². The van der Waals surface area contributed by atoms with Crippen molar-refractivity contribution >= 4 is 33.3 Å². The van der Waals surface area contributed by atoms with Gasteiger partial charge in [-0.05, 0) is 45.2 Å². The van der Waals surface area contributed by atoms with Crippen molar-refractivity contribution in [3.63, 3.8) is 0 Å². The molecule has 0 saturated heterocycles. The molecule has 1 aliphatic rings. The third-order valence-corrected chi connectivity index (χ3v) is 5.46. The molecule has 2 aromatic rings. The van der Waals surface area contributed by atoms with Crippen molar-refractivity contribution in [3.8, 4) is 0 Å². The minimum atomic E-state index is -0.516. The molecule has 1 unspecified atom stereocenters. The van der Waals surface area contributed by atoms with E-state index in [0.717, 1.165) is 39.3 Å². The topological polar surface area (TPSA) is 51.7 Å². The highest BCUT2D eigenvalue weighted by Crippen LogP contribution is 2.32. The van der Waals surface area contributed by atoms with Gasteiger partial charge in [0.25, 0.3) is 0 Å². The van der Waals surface area contributed by atoms with Crippen molar-refractivity contribution in [2.75, 3.05) is 20.3 Å². The maximum Gasteiger partial charge on any atom is 0.414 e. The Morgan fingerprint density at radius 3 is 2.85 bits per heavy atom. The molecule has 0 radical (unpaired) electrons. The average molecular weight is 389 g/mol. The Morgan fingerprint density at radius 1 is 1.37 bits per heavy atom. The van der Waals surface area contributed by atoms with Gasteiger partial charge in [-0.3, -0.25) is 4.90 Å². The molecule has 5 nitrogen and oxygen atoms in total. The molecular formula is C21H28N2O3S. The number of aromatic nitrogens is 1. The Balaban J connectivity index is 1.90. The largest absolute Gasteiger partial charge is 0.443 e. The molecule has 27 heavy (non-hydrogen) atoms. The van der Waals surface area contributed by atoms with Gasteiger partial charge in [0, 0.05) is 25.6 Å². The summed E-state index contributed by atoms with van der Waals surface area (Å²) < 4.78 is 11.9. The van der Waals surface area contributed by atoms with Gasteiger partial charge in [-0.2, -0.15) is 0 Å². The summed E-state index contributed by atoms with van der Waals surface area (Å²) in [6.07, 6.45) is 3.61. The van der Waals surface area contributed by atoms with Crippen LogP contribution in [-0.2, 0) is 15.9 Å². The fraction of sp³-hybridized carbons (Fsp3) is 0.524. The molecule has 1 amide bonds. The van der Waals surface area contributed by atoms with Gasteiger partial charge in [0.05, 0.1) is 27.5 Å². The van der Waals surface area contributed by atoms with Gasteiger partial charge in [-0.25, -0.2) is 9.78 Å². The van der Waals surface area contributed by atoms with Gasteiger partial charge in [0.15, 0.2) is 0 Å². The Morgan fingerprint density at radius 2 is 2.15 bits per heavy atom. The molecule has 1 aromatic heterocycles. The SMILES string of the molecule is COCCc1nc2cc(C3=CCC(C)CN3C(=O)OC(C)(C)C)ccc2s1. The minimum absolute atomic E-state index is 0.292. The number of hydrogen-bond acceptors (Lipinski definition) is 5. The first-order valence-corrected chi connectivity index (χ1v) is 10.2. The number of fused-ring (bicyclic) bond motifs is 1. The van der Waals surface area contributed by atoms with Crippen LogP contribution in [0.2, 0.25) is 0 Å². The fourth-order valence-corrected chi connectivity index (χ4v) is 4.03. The first-order chi connectivity index (χ1) is 12.8. The number of carbonyl (C=O) groups is 1. The van der Waals surface area contributed by atoms with E-state index in [4.69, 9.17) is 14.5 Å². The maximum atomic E-state index is 12.8. The number of methoxy groups -OCH3 is 1. The van der Waals surface area contributed by atoms with Crippen molar-refractivity contribution in [2.24, 2.45) is 5.92 Å². The van der Waals surface area contributed by atoms with Crippen LogP contribution < -0.4 is 0 Å². The van der Waals surface area contributed by atoms with Gasteiger partial charge in [-0.1, -0.05) is 19.1 Å². The third kappa shape index (κ3) is 4.87. The number of thiazole rings is 1. The molecule has 3 rings (SSSR count). The molecule has 2 heterocycles. The molecule has 0 bridgehead atoms. The molecule has 146 valence electrons. The summed E-state index contributed by atoms with van der Waals surface area (Å²) in [6.45, 7) is 9.16. The van der Waals surface area contributed by atoms with Gasteiger partial charge < -0.3 is 9.47 Å². The van der Waals surface area contributed by atoms with E-state index >= 15 is 0 Å². The third-order valence-electron chi connectivity index (χ3n) is 4.36. The number of carbonyl (C=O) groups excluding carboxylic acids is 1. The van der Waals surface area contributed by atoms with Crippen molar-refractivity contribution in [1.29, 1.82) is 0 Å². The Kier molecular flexibility index (Phi) is 5.86. The highest BCUT2D eigenvalue weighted by atomic mass is 32.1. The predicted octanol–water partition coefficient (Wildman–Crippen LogP) is 5.10. The summed E-state index contributed by atoms with van der Waals surface area (Å²) in [5.74, 6) is 0.407. The van der Waals surface area contributed by atoms with Crippen molar-refractivity contribution < 1.29 is 14.3 Å². The fourth-order valence-electron chi connectivity index (χ4n) is 3.10. The minimum Gasteiger partial charge on any atom is -0.443 e. The predicted molar refractivity (Wildman–Crippen MR) is 110 cm³/mol. The maximum absolute atomic E-state index is 12.8. The number of ether oxygens (including phenoxy) is 2. The van der Waals surface area contributed by atoms with E-state index < -0.39 is 5.60 Å². The van der Waals surface area contributed by atoms with Crippen molar-refractivity contribution in [3.05, 3.63) is 34.8 Å². The Bertz CT molecular complexity index is 851. The Hall–Kier alpha value is -1.92. The van der Waals surface area contributed by atoms with E-state index in [1.807, 2.05) is 20.8 Å². The number of nitrogens with zero attached hydrogens (tertiary/aromatic N) is 2. The number of allylic oxidation sites excluding steroid dienone is 1. The second-order valence-corrected chi connectivity index (χ2v) is 9.17. The smallest absolute Gasteiger partial charge is 0.414 e. The molecule has 1 aliphatic heterocycles. The van der Waals surface area contributed by atoms with Gasteiger partial charge in [0.2, 0.25) is 0 Å². The van der Waals surface area contributed by atoms with E-state index in [1.54, 1.807) is 23.3 Å². The summed E-state index contributed by atoms with van der Waals surface area (Å²) in [7, 11) is 1.70. The molecule has 0 saturated carbocycles. The van der Waals surface area contributed by atoms with Crippen LogP contribution in [0, 0.1) is 5.92 Å². The standard InChI is InChI=1S/C21H28N2O3S/c1-14-6-8-17(23(13-14)20(24)26-21(2,3)4)15-7-9-18-16(12-15)22-19(27-18)10-11-25-5/h7-9,12,14H,6,10-11,13H2,1-5H3. The average Bonchev–Trinajstić information content (AvgIpc) is 3.00. The van der Waals surface area contributed by atoms with Crippen LogP contribution >= 0.6 is 11.3 Å². The van der Waals surface area contributed by atoms with Crippen LogP contribution in [0.5, 0.6) is 0 Å². The van der Waals surface area contributed by atoms with E-state index in [2.05, 4.69) is 31.2 Å². The second kappa shape index (κ2) is 7.98. The number of rotatable bonds is 4. The molecule has 1 atom stereocenters. The van der Waals surface area contributed by atoms with E-state index in [9.17, 15) is 4.79 Å². The van der Waals surface area contributed by atoms with Crippen LogP contribution in [0.25, 0.3) is 15.9 Å². The zero-order valence-corrected chi connectivity index (χ0v) is 17.6. The van der Waals surface area contributed by atoms with E-state index in [0.29, 0.717) is 19.1 Å². The van der Waals surface area contributed by atoms with Crippen LogP contribution in [0.4, 0.5) is 4.79 Å². The first kappa shape index (κ1) is 19.8. The molecule has 0 fully saturated rings. The summed E-state index contributed by atoms with van der Waals surface area (Å²) in [6, 6.07) is 6.23. The van der Waals surface area contributed by atoms with Crippen LogP contribution in [0.1, 0.15) is 44.7 Å². The lowest BCUT2D eigenvalue weighted by molar-refractivity contribution is 0.0327. The van der Waals surface area contributed by atoms with Gasteiger partial charge >= 0.3 is 6.09 Å². The van der Waals surface area contributed by atoms with E-state index in [1.165, 1.54) is 0 Å². The molecule has 1 aromatic carbocycles. The number of amides is 1. The highest BCUT2D eigenvalue weighted by Gasteiger charge is 2.29. The zero-order valence-electron chi connectivity index (χ0n) is 16.7. The molecule has 0 aliphatic carbocycles. The molecule has 6 heteroatoms. The summed E-state index contributed by atoms with van der Waals surface area (Å²) in [4.78, 5) is 19.3. The number of benzene rings is 1. The summed E-state index contributed by atoms with van der Waals surface area (Å²) in [5, 5.41) is 1.07. The normalized spacial score (nSPS) is 17.9. The molecule has 0 spiro atoms. The monoisotopic (exact) mass is 388 g/mol. The summed E-state index contributed by atoms with van der Waals surface area (Å²) >= 11 is 1.69. The van der Waals surface area contributed by atoms with Crippen LogP contribution in [-0.4, -0.2) is 41.8 Å². The summed E-state index contributed by atoms with van der Waals surface area (Å²) in [5.41, 5.74) is 2.37. The van der Waals surface area contributed by atoms with Crippen molar-refractivity contribution in [2.45, 2.75) is 46.1 Å². The molecular weight excluding hydrogens is 360 g/mol. The lowest BCUT2D eigenvalue weighted by Gasteiger charge is -2.33. The molecule has 0 N–H and O–H groups in total. The van der Waals surface area contributed by atoms with Crippen molar-refractivity contribution in [1.82, 2.24) is 9.88 Å². The highest BCUT2D eigenvalue weighted by molar-refractivity contribution is 7.18. The van der Waals surface area contributed by atoms with Crippen LogP contribution in [0.3, 0.4) is 0 Å². The Labute approximate surface area is 165 Å². The van der Waals surface area contributed by atoms with Gasteiger partial charge in [-0.15, -0.1) is 11.3 Å². The zero-order chi connectivity index (χ0) is 19.6. The quantitative estimate of drug-likeness (QED) is 0.731. The van der Waals surface area contributed by atoms with E-state index in [-0.39, 0.29) is 6.09 Å². The first-order valence-electron chi connectivity index (χ1n) is 9.36. The van der Waals surface area contributed by atoms with Gasteiger partial charge in [0.1, 0.15) is 5.60 Å². The lowest BCUT2D eigenvalue weighted by atomic mass is 9.98. The number of hydrogen-bond donors (Lipinski definition) is 0.